The minimum Gasteiger partial charge on any atom is -0.455 e. The van der Waals surface area contributed by atoms with Gasteiger partial charge in [-0.15, -0.1) is 0 Å². The molecule has 2 aromatic heterocycles. The second-order valence-electron chi connectivity index (χ2n) is 16.9. The number of furan rings is 1. The zero-order chi connectivity index (χ0) is 44.5. The average molecular weight is 858 g/mol. The Bertz CT molecular complexity index is 3630. The van der Waals surface area contributed by atoms with Crippen molar-refractivity contribution in [3.63, 3.8) is 0 Å². The molecule has 4 heteroatoms. The van der Waals surface area contributed by atoms with Crippen LogP contribution in [0.2, 0.25) is 0 Å². The zero-order valence-electron chi connectivity index (χ0n) is 36.6. The van der Waals surface area contributed by atoms with E-state index in [4.69, 9.17) is 14.4 Å². The Labute approximate surface area is 389 Å². The van der Waals surface area contributed by atoms with Crippen molar-refractivity contribution >= 4 is 44.4 Å². The van der Waals surface area contributed by atoms with E-state index in [9.17, 15) is 0 Å². The van der Waals surface area contributed by atoms with E-state index in [-0.39, 0.29) is 6.04 Å². The van der Waals surface area contributed by atoms with Crippen LogP contribution in [0.4, 0.5) is 0 Å². The average Bonchev–Trinajstić information content (AvgIpc) is 3.80. The van der Waals surface area contributed by atoms with Gasteiger partial charge in [-0.2, -0.15) is 0 Å². The van der Waals surface area contributed by atoms with Gasteiger partial charge in [0.25, 0.3) is 0 Å². The van der Waals surface area contributed by atoms with E-state index in [0.717, 1.165) is 100 Å². The summed E-state index contributed by atoms with van der Waals surface area (Å²) in [6.07, 6.45) is 0. The minimum atomic E-state index is -0.155. The van der Waals surface area contributed by atoms with Crippen LogP contribution in [0.1, 0.15) is 33.9 Å². The number of hydrogen-bond donors (Lipinski definition) is 1. The largest absolute Gasteiger partial charge is 0.455 e. The number of rotatable bonds is 9. The van der Waals surface area contributed by atoms with Gasteiger partial charge in [-0.3, -0.25) is 0 Å². The van der Waals surface area contributed by atoms with Gasteiger partial charge in [0.2, 0.25) is 0 Å². The molecule has 0 saturated heterocycles. The van der Waals surface area contributed by atoms with Gasteiger partial charge in [0, 0.05) is 38.6 Å². The number of nitrogens with one attached hydrogen (secondary N) is 1. The van der Waals surface area contributed by atoms with Crippen LogP contribution < -0.4 is 5.32 Å². The van der Waals surface area contributed by atoms with Crippen LogP contribution in [0, 0.1) is 0 Å². The first-order valence-corrected chi connectivity index (χ1v) is 22.8. The van der Waals surface area contributed by atoms with Crippen LogP contribution in [0.25, 0.3) is 89.4 Å². The molecule has 4 nitrogen and oxygen atoms in total. The maximum atomic E-state index is 6.50. The quantitative estimate of drug-likeness (QED) is 0.157. The van der Waals surface area contributed by atoms with Crippen molar-refractivity contribution in [1.29, 1.82) is 0 Å². The van der Waals surface area contributed by atoms with E-state index in [1.54, 1.807) is 0 Å². The topological polar surface area (TPSA) is 51.0 Å². The first kappa shape index (κ1) is 39.7. The van der Waals surface area contributed by atoms with Crippen molar-refractivity contribution < 1.29 is 4.42 Å². The molecule has 9 aromatic carbocycles. The minimum absolute atomic E-state index is 0.155. The molecular formula is C63H43N3O. The standard InChI is InChI=1S/C63H43N3O/c1-6-21-42(22-7-1)58-57(59(43-23-8-2-9-24-43)61(45-27-12-4-13-28-45)66-60(58)44-25-10-3-11-26-44)50-34-19-33-49(40-50)55-41-54(64-63(65-55)46-29-14-5-15-30-46)48-32-18-31-47(39-48)51-36-20-37-53-52-35-16-17-38-56(52)67-62(51)53/h1-41,60,66H. The fourth-order valence-electron chi connectivity index (χ4n) is 9.66. The molecule has 316 valence electrons. The number of hydrogen-bond acceptors (Lipinski definition) is 4. The summed E-state index contributed by atoms with van der Waals surface area (Å²) in [6, 6.07) is 87.5. The fourth-order valence-corrected chi connectivity index (χ4v) is 9.66. The molecule has 67 heavy (non-hydrogen) atoms. The SMILES string of the molecule is c1ccc(C2=C(c3ccccc3)C(c3cccc(-c4cc(-c5cccc(-c6cccc7c6oc6ccccc67)c5)nc(-c5ccccc5)n4)c3)=C(c3ccccc3)C(c3ccccc3)N2)cc1. The Morgan fingerprint density at radius 1 is 0.358 bits per heavy atom. The van der Waals surface area contributed by atoms with Gasteiger partial charge in [-0.05, 0) is 68.8 Å². The van der Waals surface area contributed by atoms with Crippen molar-refractivity contribution in [2.75, 3.05) is 0 Å². The molecular weight excluding hydrogens is 815 g/mol. The van der Waals surface area contributed by atoms with Crippen LogP contribution in [0.5, 0.6) is 0 Å². The fraction of sp³-hybridized carbons (Fsp3) is 0.0159. The molecule has 1 aliphatic rings. The van der Waals surface area contributed by atoms with Gasteiger partial charge >= 0.3 is 0 Å². The van der Waals surface area contributed by atoms with E-state index in [0.29, 0.717) is 5.82 Å². The van der Waals surface area contributed by atoms with Crippen LogP contribution in [0.3, 0.4) is 0 Å². The summed E-state index contributed by atoms with van der Waals surface area (Å²) >= 11 is 0. The highest BCUT2D eigenvalue weighted by Crippen LogP contribution is 2.50. The van der Waals surface area contributed by atoms with Crippen molar-refractivity contribution in [2.45, 2.75) is 6.04 Å². The van der Waals surface area contributed by atoms with Crippen molar-refractivity contribution in [1.82, 2.24) is 15.3 Å². The van der Waals surface area contributed by atoms with Crippen LogP contribution in [-0.4, -0.2) is 9.97 Å². The maximum absolute atomic E-state index is 6.50. The third kappa shape index (κ3) is 7.51. The Kier molecular flexibility index (Phi) is 10.2. The van der Waals surface area contributed by atoms with Gasteiger partial charge < -0.3 is 9.73 Å². The highest BCUT2D eigenvalue weighted by molar-refractivity contribution is 6.24. The van der Waals surface area contributed by atoms with Crippen LogP contribution >= 0.6 is 0 Å². The molecule has 0 bridgehead atoms. The molecule has 1 aliphatic heterocycles. The van der Waals surface area contributed by atoms with E-state index >= 15 is 0 Å². The Morgan fingerprint density at radius 2 is 0.851 bits per heavy atom. The predicted octanol–water partition coefficient (Wildman–Crippen LogP) is 15.9. The number of allylic oxidation sites excluding steroid dienone is 2. The van der Waals surface area contributed by atoms with Crippen molar-refractivity contribution in [2.24, 2.45) is 0 Å². The van der Waals surface area contributed by atoms with Crippen LogP contribution in [0.15, 0.2) is 253 Å². The van der Waals surface area contributed by atoms with Crippen molar-refractivity contribution in [3.05, 3.63) is 277 Å². The molecule has 1 unspecified atom stereocenters. The molecule has 3 heterocycles. The third-order valence-corrected chi connectivity index (χ3v) is 12.8. The molecule has 0 saturated carbocycles. The molecule has 1 atom stereocenters. The maximum Gasteiger partial charge on any atom is 0.160 e. The summed E-state index contributed by atoms with van der Waals surface area (Å²) in [4.78, 5) is 10.6. The van der Waals surface area contributed by atoms with Gasteiger partial charge in [0.05, 0.1) is 23.1 Å². The summed E-state index contributed by atoms with van der Waals surface area (Å²) in [5.41, 5.74) is 18.7. The summed E-state index contributed by atoms with van der Waals surface area (Å²) in [5.74, 6) is 0.662. The number of aromatic nitrogens is 2. The Hall–Kier alpha value is -8.86. The van der Waals surface area contributed by atoms with Gasteiger partial charge in [0.15, 0.2) is 5.82 Å². The summed E-state index contributed by atoms with van der Waals surface area (Å²) in [7, 11) is 0. The molecule has 11 aromatic rings. The Balaban J connectivity index is 1.07. The van der Waals surface area contributed by atoms with Gasteiger partial charge in [0.1, 0.15) is 11.2 Å². The lowest BCUT2D eigenvalue weighted by Crippen LogP contribution is -2.27. The molecule has 12 rings (SSSR count). The Morgan fingerprint density at radius 3 is 1.52 bits per heavy atom. The predicted molar refractivity (Wildman–Crippen MR) is 276 cm³/mol. The molecule has 1 N–H and O–H groups in total. The highest BCUT2D eigenvalue weighted by atomic mass is 16.3. The lowest BCUT2D eigenvalue weighted by Gasteiger charge is -2.36. The first-order valence-electron chi connectivity index (χ1n) is 22.8. The van der Waals surface area contributed by atoms with E-state index in [1.807, 2.05) is 30.3 Å². The highest BCUT2D eigenvalue weighted by Gasteiger charge is 2.33. The number of fused-ring (bicyclic) bond motifs is 3. The molecule has 0 spiro atoms. The lowest BCUT2D eigenvalue weighted by molar-refractivity contribution is 0.670. The number of nitrogens with zero attached hydrogens (tertiary/aromatic N) is 2. The second kappa shape index (κ2) is 17.3. The molecule has 0 aliphatic carbocycles. The smallest absolute Gasteiger partial charge is 0.160 e. The van der Waals surface area contributed by atoms with Crippen molar-refractivity contribution in [3.8, 4) is 45.0 Å². The van der Waals surface area contributed by atoms with E-state index in [2.05, 4.69) is 224 Å². The lowest BCUT2D eigenvalue weighted by atomic mass is 9.76. The number of para-hydroxylation sites is 2. The molecule has 0 radical (unpaired) electrons. The number of dihydropyridines is 1. The summed E-state index contributed by atoms with van der Waals surface area (Å²) in [6.45, 7) is 0. The third-order valence-electron chi connectivity index (χ3n) is 12.8. The second-order valence-corrected chi connectivity index (χ2v) is 16.9. The molecule has 0 fully saturated rings. The first-order chi connectivity index (χ1) is 33.2. The van der Waals surface area contributed by atoms with E-state index < -0.39 is 0 Å². The zero-order valence-corrected chi connectivity index (χ0v) is 36.6. The van der Waals surface area contributed by atoms with E-state index in [1.165, 1.54) is 11.1 Å². The number of benzene rings is 9. The monoisotopic (exact) mass is 857 g/mol. The van der Waals surface area contributed by atoms with Gasteiger partial charge in [-0.1, -0.05) is 224 Å². The van der Waals surface area contributed by atoms with Crippen LogP contribution in [-0.2, 0) is 0 Å². The molecule has 0 amide bonds. The van der Waals surface area contributed by atoms with Gasteiger partial charge in [-0.25, -0.2) is 9.97 Å². The normalized spacial score (nSPS) is 13.8. The summed E-state index contributed by atoms with van der Waals surface area (Å²) < 4.78 is 6.50. The summed E-state index contributed by atoms with van der Waals surface area (Å²) in [5, 5.41) is 6.32.